The Bertz CT molecular complexity index is 564. The summed E-state index contributed by atoms with van der Waals surface area (Å²) >= 11 is 0. The maximum Gasteiger partial charge on any atom is 0.275 e. The Kier molecular flexibility index (Phi) is 2.78. The van der Waals surface area contributed by atoms with Gasteiger partial charge in [-0.1, -0.05) is 6.07 Å². The molecule has 0 saturated heterocycles. The molecule has 1 aromatic heterocycles. The summed E-state index contributed by atoms with van der Waals surface area (Å²) in [6.07, 6.45) is 1.34. The molecule has 0 bridgehead atoms. The Balaban J connectivity index is 2.19. The highest BCUT2D eigenvalue weighted by Crippen LogP contribution is 2.15. The van der Waals surface area contributed by atoms with Crippen LogP contribution in [0.15, 0.2) is 24.4 Å². The fourth-order valence-electron chi connectivity index (χ4n) is 1.34. The van der Waals surface area contributed by atoms with Crippen LogP contribution in [0, 0.1) is 12.7 Å². The average Bonchev–Trinajstić information content (AvgIpc) is 2.70. The minimum absolute atomic E-state index is 0.158. The Morgan fingerprint density at radius 3 is 2.88 bits per heavy atom. The van der Waals surface area contributed by atoms with Crippen molar-refractivity contribution in [3.63, 3.8) is 0 Å². The van der Waals surface area contributed by atoms with Crippen molar-refractivity contribution in [3.05, 3.63) is 41.5 Å². The van der Waals surface area contributed by atoms with Crippen molar-refractivity contribution in [3.8, 4) is 0 Å². The summed E-state index contributed by atoms with van der Waals surface area (Å²) in [6.45, 7) is 1.65. The van der Waals surface area contributed by atoms with Gasteiger partial charge in [0, 0.05) is 5.69 Å². The first-order valence-corrected chi connectivity index (χ1v) is 4.94. The zero-order valence-corrected chi connectivity index (χ0v) is 9.12. The number of hydrogen-bond acceptors (Lipinski definition) is 3. The molecule has 0 aliphatic rings. The van der Waals surface area contributed by atoms with Gasteiger partial charge in [-0.2, -0.15) is 5.10 Å². The van der Waals surface area contributed by atoms with E-state index < -0.39 is 5.91 Å². The number of nitrogens with two attached hydrogens (primary N) is 1. The van der Waals surface area contributed by atoms with Crippen LogP contribution in [0.1, 0.15) is 16.1 Å². The third-order valence-corrected chi connectivity index (χ3v) is 2.33. The van der Waals surface area contributed by atoms with Crippen molar-refractivity contribution in [2.24, 2.45) is 0 Å². The summed E-state index contributed by atoms with van der Waals surface area (Å²) in [4.78, 5) is 11.7. The molecule has 1 amide bonds. The number of benzene rings is 1. The van der Waals surface area contributed by atoms with Gasteiger partial charge in [0.05, 0.1) is 11.9 Å². The number of aromatic amines is 1. The van der Waals surface area contributed by atoms with Crippen LogP contribution in [-0.4, -0.2) is 16.1 Å². The molecule has 1 heterocycles. The number of H-pyrrole nitrogens is 1. The maximum atomic E-state index is 13.3. The van der Waals surface area contributed by atoms with Crippen molar-refractivity contribution in [1.82, 2.24) is 10.2 Å². The van der Waals surface area contributed by atoms with Crippen LogP contribution in [0.4, 0.5) is 15.8 Å². The predicted octanol–water partition coefficient (Wildman–Crippen LogP) is 1.69. The molecule has 0 radical (unpaired) electrons. The van der Waals surface area contributed by atoms with Gasteiger partial charge >= 0.3 is 0 Å². The standard InChI is InChI=1S/C11H11FN4O/c1-6-2-3-7(4-8(6)12)15-11(17)10-9(13)5-14-16-10/h2-5H,13H2,1H3,(H,14,16)(H,15,17). The number of aromatic nitrogens is 2. The molecule has 2 aromatic rings. The van der Waals surface area contributed by atoms with Gasteiger partial charge in [-0.3, -0.25) is 9.89 Å². The molecule has 0 atom stereocenters. The third-order valence-electron chi connectivity index (χ3n) is 2.33. The number of halogens is 1. The Morgan fingerprint density at radius 2 is 2.29 bits per heavy atom. The molecule has 0 spiro atoms. The minimum atomic E-state index is -0.455. The minimum Gasteiger partial charge on any atom is -0.396 e. The summed E-state index contributed by atoms with van der Waals surface area (Å²) in [5, 5.41) is 8.62. The second kappa shape index (κ2) is 4.25. The van der Waals surface area contributed by atoms with E-state index in [1.165, 1.54) is 12.3 Å². The molecule has 2 rings (SSSR count). The fourth-order valence-corrected chi connectivity index (χ4v) is 1.34. The van der Waals surface area contributed by atoms with E-state index in [9.17, 15) is 9.18 Å². The molecule has 1 aromatic carbocycles. The maximum absolute atomic E-state index is 13.3. The summed E-state index contributed by atoms with van der Waals surface area (Å²) in [5.41, 5.74) is 6.81. The normalized spacial score (nSPS) is 10.2. The first-order chi connectivity index (χ1) is 8.08. The lowest BCUT2D eigenvalue weighted by molar-refractivity contribution is 0.102. The molecule has 88 valence electrons. The van der Waals surface area contributed by atoms with Crippen molar-refractivity contribution < 1.29 is 9.18 Å². The number of nitrogens with zero attached hydrogens (tertiary/aromatic N) is 1. The van der Waals surface area contributed by atoms with Crippen LogP contribution >= 0.6 is 0 Å². The number of nitrogen functional groups attached to an aromatic ring is 1. The first-order valence-electron chi connectivity index (χ1n) is 4.94. The van der Waals surface area contributed by atoms with Gasteiger partial charge in [0.25, 0.3) is 5.91 Å². The van der Waals surface area contributed by atoms with E-state index in [1.807, 2.05) is 0 Å². The number of carbonyl (C=O) groups is 1. The van der Waals surface area contributed by atoms with E-state index in [2.05, 4.69) is 15.5 Å². The van der Waals surface area contributed by atoms with Gasteiger partial charge in [0.2, 0.25) is 0 Å². The van der Waals surface area contributed by atoms with Crippen LogP contribution in [0.25, 0.3) is 0 Å². The zero-order valence-electron chi connectivity index (χ0n) is 9.12. The lowest BCUT2D eigenvalue weighted by Gasteiger charge is -2.05. The molecule has 6 heteroatoms. The first kappa shape index (κ1) is 11.1. The molecular weight excluding hydrogens is 223 g/mol. The van der Waals surface area contributed by atoms with Crippen LogP contribution in [0.2, 0.25) is 0 Å². The van der Waals surface area contributed by atoms with E-state index >= 15 is 0 Å². The predicted molar refractivity (Wildman–Crippen MR) is 62.1 cm³/mol. The van der Waals surface area contributed by atoms with E-state index in [4.69, 9.17) is 5.73 Å². The second-order valence-electron chi connectivity index (χ2n) is 3.62. The van der Waals surface area contributed by atoms with E-state index in [-0.39, 0.29) is 17.2 Å². The number of anilines is 2. The molecule has 4 N–H and O–H groups in total. The molecule has 0 fully saturated rings. The SMILES string of the molecule is Cc1ccc(NC(=O)c2[nH]ncc2N)cc1F. The number of nitrogens with one attached hydrogen (secondary N) is 2. The molecular formula is C11H11FN4O. The van der Waals surface area contributed by atoms with E-state index in [1.54, 1.807) is 19.1 Å². The fraction of sp³-hybridized carbons (Fsp3) is 0.0909. The Morgan fingerprint density at radius 1 is 1.53 bits per heavy atom. The molecule has 5 nitrogen and oxygen atoms in total. The van der Waals surface area contributed by atoms with Crippen LogP contribution < -0.4 is 11.1 Å². The zero-order chi connectivity index (χ0) is 12.4. The molecule has 0 unspecified atom stereocenters. The number of amides is 1. The molecule has 0 aliphatic heterocycles. The van der Waals surface area contributed by atoms with Gasteiger partial charge in [0.15, 0.2) is 0 Å². The number of aryl methyl sites for hydroxylation is 1. The highest BCUT2D eigenvalue weighted by molar-refractivity contribution is 6.06. The number of carbonyl (C=O) groups excluding carboxylic acids is 1. The van der Waals surface area contributed by atoms with E-state index in [0.29, 0.717) is 11.3 Å². The van der Waals surface area contributed by atoms with Crippen LogP contribution in [-0.2, 0) is 0 Å². The smallest absolute Gasteiger partial charge is 0.275 e. The van der Waals surface area contributed by atoms with Gasteiger partial charge in [-0.15, -0.1) is 0 Å². The van der Waals surface area contributed by atoms with Gasteiger partial charge in [-0.05, 0) is 24.6 Å². The van der Waals surface area contributed by atoms with Crippen molar-refractivity contribution >= 4 is 17.3 Å². The van der Waals surface area contributed by atoms with Gasteiger partial charge in [-0.25, -0.2) is 4.39 Å². The summed E-state index contributed by atoms with van der Waals surface area (Å²) in [6, 6.07) is 4.45. The van der Waals surface area contributed by atoms with Gasteiger partial charge in [0.1, 0.15) is 11.5 Å². The molecule has 17 heavy (non-hydrogen) atoms. The molecule has 0 aliphatic carbocycles. The summed E-state index contributed by atoms with van der Waals surface area (Å²) in [5.74, 6) is -0.830. The number of rotatable bonds is 2. The average molecular weight is 234 g/mol. The second-order valence-corrected chi connectivity index (χ2v) is 3.62. The summed E-state index contributed by atoms with van der Waals surface area (Å²) < 4.78 is 13.3. The lowest BCUT2D eigenvalue weighted by Crippen LogP contribution is -2.14. The van der Waals surface area contributed by atoms with E-state index in [0.717, 1.165) is 0 Å². The van der Waals surface area contributed by atoms with Crippen molar-refractivity contribution in [2.45, 2.75) is 6.92 Å². The topological polar surface area (TPSA) is 83.8 Å². The van der Waals surface area contributed by atoms with Crippen molar-refractivity contribution in [1.29, 1.82) is 0 Å². The van der Waals surface area contributed by atoms with Crippen molar-refractivity contribution in [2.75, 3.05) is 11.1 Å². The highest BCUT2D eigenvalue weighted by atomic mass is 19.1. The highest BCUT2D eigenvalue weighted by Gasteiger charge is 2.12. The summed E-state index contributed by atoms with van der Waals surface area (Å²) in [7, 11) is 0. The van der Waals surface area contributed by atoms with Crippen LogP contribution in [0.5, 0.6) is 0 Å². The quantitative estimate of drug-likeness (QED) is 0.739. The molecule has 0 saturated carbocycles. The number of hydrogen-bond donors (Lipinski definition) is 3. The Hall–Kier alpha value is -2.37. The largest absolute Gasteiger partial charge is 0.396 e. The lowest BCUT2D eigenvalue weighted by atomic mass is 10.2. The van der Waals surface area contributed by atoms with Crippen LogP contribution in [0.3, 0.4) is 0 Å². The monoisotopic (exact) mass is 234 g/mol. The van der Waals surface area contributed by atoms with Gasteiger partial charge < -0.3 is 11.1 Å². The third kappa shape index (κ3) is 2.25. The Labute approximate surface area is 96.8 Å².